The molecule has 0 fully saturated rings. The van der Waals surface area contributed by atoms with Crippen LogP contribution in [0, 0.1) is 0 Å². The van der Waals surface area contributed by atoms with Crippen molar-refractivity contribution in [3.63, 3.8) is 0 Å². The van der Waals surface area contributed by atoms with Crippen LogP contribution >= 0.6 is 0 Å². The molecule has 300 valence electrons. The number of hydrogen-bond acceptors (Lipinski definition) is 4. The van der Waals surface area contributed by atoms with Crippen molar-refractivity contribution in [3.8, 4) is 11.5 Å². The van der Waals surface area contributed by atoms with E-state index in [1.165, 1.54) is 54.6 Å². The quantitative estimate of drug-likeness (QED) is 0.143. The van der Waals surface area contributed by atoms with Crippen LogP contribution < -0.4 is 19.3 Å². The van der Waals surface area contributed by atoms with Gasteiger partial charge in [0, 0.05) is 45.1 Å². The number of nitrogens with zero attached hydrogens (tertiary/aromatic N) is 2. The summed E-state index contributed by atoms with van der Waals surface area (Å²) in [7, 11) is 0. The highest BCUT2D eigenvalue weighted by atomic mass is 16.5. The topological polar surface area (TPSA) is 24.9 Å². The van der Waals surface area contributed by atoms with Crippen molar-refractivity contribution in [3.05, 3.63) is 216 Å². The van der Waals surface area contributed by atoms with Crippen LogP contribution in [-0.2, 0) is 12.8 Å². The first-order valence-electron chi connectivity index (χ1n) is 22.1. The first-order chi connectivity index (χ1) is 30.7. The smallest absolute Gasteiger partial charge is 0.148 e. The summed E-state index contributed by atoms with van der Waals surface area (Å²) in [5.41, 5.74) is 11.5. The van der Waals surface area contributed by atoms with E-state index in [1.807, 2.05) is 0 Å². The molecule has 4 atom stereocenters. The summed E-state index contributed by atoms with van der Waals surface area (Å²) in [6.07, 6.45) is 19.3. The number of ether oxygens (including phenoxy) is 2. The standard InChI is InChI=1S/C58H46N2O2/c1-3-37-27-31-39(32-28-37)59(51-23-13-21-47-45-19-9-11-25-55(45)61-57(47)51)53-35-49-42-16-6-8-18-44(42)54(36-50(49)41-15-5-7-17-43(41)53)60(40-33-29-38(4-2)30-34-40)52-24-14-22-48-46-20-10-12-26-56(46)62-58(48)52/h5-36,45-46,55-56H,3-4H2,1-2H3. The molecule has 0 amide bonds. The minimum atomic E-state index is -0.0227. The summed E-state index contributed by atoms with van der Waals surface area (Å²) in [4.78, 5) is 4.87. The highest BCUT2D eigenvalue weighted by molar-refractivity contribution is 6.24. The molecule has 0 bridgehead atoms. The third-order valence-corrected chi connectivity index (χ3v) is 13.5. The maximum Gasteiger partial charge on any atom is 0.148 e. The van der Waals surface area contributed by atoms with Gasteiger partial charge in [0.1, 0.15) is 23.7 Å². The molecule has 2 heterocycles. The van der Waals surface area contributed by atoms with Gasteiger partial charge >= 0.3 is 0 Å². The monoisotopic (exact) mass is 802 g/mol. The molecule has 0 aromatic heterocycles. The third kappa shape index (κ3) is 5.74. The summed E-state index contributed by atoms with van der Waals surface area (Å²) in [5.74, 6) is 2.25. The van der Waals surface area contributed by atoms with Gasteiger partial charge < -0.3 is 19.3 Å². The van der Waals surface area contributed by atoms with Crippen LogP contribution in [0.2, 0.25) is 0 Å². The molecule has 2 aliphatic carbocycles. The predicted molar refractivity (Wildman–Crippen MR) is 258 cm³/mol. The number of rotatable bonds is 8. The van der Waals surface area contributed by atoms with Gasteiger partial charge in [0.2, 0.25) is 0 Å². The van der Waals surface area contributed by atoms with Gasteiger partial charge in [-0.05, 0) is 106 Å². The Morgan fingerprint density at radius 1 is 0.387 bits per heavy atom. The Morgan fingerprint density at radius 3 is 1.21 bits per heavy atom. The molecule has 8 aromatic carbocycles. The van der Waals surface area contributed by atoms with Gasteiger partial charge in [-0.2, -0.15) is 0 Å². The van der Waals surface area contributed by atoms with Crippen LogP contribution in [0.3, 0.4) is 0 Å². The normalized spacial score (nSPS) is 18.9. The van der Waals surface area contributed by atoms with E-state index in [1.54, 1.807) is 0 Å². The van der Waals surface area contributed by atoms with Crippen LogP contribution in [0.15, 0.2) is 194 Å². The highest BCUT2D eigenvalue weighted by Crippen LogP contribution is 2.55. The lowest BCUT2D eigenvalue weighted by molar-refractivity contribution is 0.269. The Labute approximate surface area is 363 Å². The molecule has 4 heteroatoms. The molecule has 12 rings (SSSR count). The van der Waals surface area contributed by atoms with Crippen LogP contribution in [-0.4, -0.2) is 12.2 Å². The average Bonchev–Trinajstić information content (AvgIpc) is 3.92. The lowest BCUT2D eigenvalue weighted by atomic mass is 9.91. The van der Waals surface area contributed by atoms with Gasteiger partial charge in [0.15, 0.2) is 0 Å². The molecular weight excluding hydrogens is 757 g/mol. The molecule has 0 radical (unpaired) electrons. The summed E-state index contributed by atoms with van der Waals surface area (Å²) in [6.45, 7) is 4.43. The molecule has 4 unspecified atom stereocenters. The Hall–Kier alpha value is -7.30. The second kappa shape index (κ2) is 14.7. The summed E-state index contributed by atoms with van der Waals surface area (Å²) in [5, 5.41) is 7.09. The van der Waals surface area contributed by atoms with E-state index in [2.05, 4.69) is 218 Å². The number of hydrogen-bond donors (Lipinski definition) is 0. The zero-order valence-electron chi connectivity index (χ0n) is 34.9. The van der Waals surface area contributed by atoms with Crippen molar-refractivity contribution in [2.75, 3.05) is 9.80 Å². The van der Waals surface area contributed by atoms with Crippen LogP contribution in [0.5, 0.6) is 11.5 Å². The van der Waals surface area contributed by atoms with E-state index < -0.39 is 0 Å². The zero-order chi connectivity index (χ0) is 41.3. The lowest BCUT2D eigenvalue weighted by Crippen LogP contribution is -2.16. The van der Waals surface area contributed by atoms with E-state index in [-0.39, 0.29) is 24.0 Å². The fourth-order valence-corrected chi connectivity index (χ4v) is 10.3. The first kappa shape index (κ1) is 36.5. The van der Waals surface area contributed by atoms with Gasteiger partial charge in [0.05, 0.1) is 22.7 Å². The summed E-state index contributed by atoms with van der Waals surface area (Å²) >= 11 is 0. The van der Waals surface area contributed by atoms with E-state index >= 15 is 0 Å². The molecule has 4 aliphatic rings. The van der Waals surface area contributed by atoms with Crippen molar-refractivity contribution in [1.82, 2.24) is 0 Å². The Kier molecular flexibility index (Phi) is 8.67. The van der Waals surface area contributed by atoms with Gasteiger partial charge in [0.25, 0.3) is 0 Å². The number of benzene rings is 8. The highest BCUT2D eigenvalue weighted by Gasteiger charge is 2.37. The van der Waals surface area contributed by atoms with Crippen LogP contribution in [0.25, 0.3) is 32.3 Å². The summed E-state index contributed by atoms with van der Waals surface area (Å²) in [6, 6.07) is 54.1. The largest absolute Gasteiger partial charge is 0.483 e. The zero-order valence-corrected chi connectivity index (χ0v) is 34.9. The van der Waals surface area contributed by atoms with Crippen LogP contribution in [0.1, 0.15) is 47.9 Å². The van der Waals surface area contributed by atoms with Crippen molar-refractivity contribution in [1.29, 1.82) is 0 Å². The number of fused-ring (bicyclic) bond motifs is 11. The van der Waals surface area contributed by atoms with Crippen molar-refractivity contribution < 1.29 is 9.47 Å². The molecule has 0 saturated carbocycles. The van der Waals surface area contributed by atoms with E-state index in [0.717, 1.165) is 58.5 Å². The summed E-state index contributed by atoms with van der Waals surface area (Å²) < 4.78 is 13.8. The minimum Gasteiger partial charge on any atom is -0.483 e. The molecular formula is C58H46N2O2. The van der Waals surface area contributed by atoms with Gasteiger partial charge in [-0.3, -0.25) is 0 Å². The Morgan fingerprint density at radius 2 is 0.790 bits per heavy atom. The maximum atomic E-state index is 6.88. The minimum absolute atomic E-state index is 0.0227. The van der Waals surface area contributed by atoms with Crippen molar-refractivity contribution in [2.24, 2.45) is 0 Å². The van der Waals surface area contributed by atoms with Gasteiger partial charge in [-0.15, -0.1) is 0 Å². The molecule has 0 spiro atoms. The first-order valence-corrected chi connectivity index (χ1v) is 22.1. The molecule has 8 aromatic rings. The van der Waals surface area contributed by atoms with Gasteiger partial charge in [-0.25, -0.2) is 0 Å². The third-order valence-electron chi connectivity index (χ3n) is 13.5. The molecule has 4 nitrogen and oxygen atoms in total. The SMILES string of the molecule is CCc1ccc(N(c2cccc3c2OC2C=CC=CC32)c2cc3c4ccccc4c(N(c4ccc(CC)cc4)c4cccc5c4OC4C=CC=CC54)cc3c3ccccc23)cc1. The fourth-order valence-electron chi connectivity index (χ4n) is 10.3. The number of allylic oxidation sites excluding steroid dienone is 4. The molecule has 2 aliphatic heterocycles. The molecule has 0 saturated heterocycles. The van der Waals surface area contributed by atoms with E-state index in [9.17, 15) is 0 Å². The van der Waals surface area contributed by atoms with Crippen LogP contribution in [0.4, 0.5) is 34.1 Å². The number of para-hydroxylation sites is 2. The fraction of sp³-hybridized carbons (Fsp3) is 0.138. The number of aryl methyl sites for hydroxylation is 2. The second-order valence-electron chi connectivity index (χ2n) is 16.8. The van der Waals surface area contributed by atoms with E-state index in [4.69, 9.17) is 9.47 Å². The Balaban J connectivity index is 1.12. The molecule has 62 heavy (non-hydrogen) atoms. The number of anilines is 6. The van der Waals surface area contributed by atoms with E-state index in [0.29, 0.717) is 0 Å². The molecule has 0 N–H and O–H groups in total. The van der Waals surface area contributed by atoms with Crippen molar-refractivity contribution in [2.45, 2.75) is 50.7 Å². The van der Waals surface area contributed by atoms with Gasteiger partial charge in [-0.1, -0.05) is 147 Å². The predicted octanol–water partition coefficient (Wildman–Crippen LogP) is 15.2. The second-order valence-corrected chi connectivity index (χ2v) is 16.8. The van der Waals surface area contributed by atoms with Crippen molar-refractivity contribution >= 4 is 66.4 Å². The lowest BCUT2D eigenvalue weighted by Gasteiger charge is -2.31. The average molecular weight is 803 g/mol. The maximum absolute atomic E-state index is 6.88. The Bertz CT molecular complexity index is 2980.